The van der Waals surface area contributed by atoms with Crippen molar-refractivity contribution in [1.82, 2.24) is 9.78 Å². The molecular formula is C12H19ClN2O2. The van der Waals surface area contributed by atoms with Gasteiger partial charge >= 0.3 is 0 Å². The maximum Gasteiger partial charge on any atom is 0.0999 e. The van der Waals surface area contributed by atoms with Crippen LogP contribution in [0.2, 0.25) is 5.02 Å². The van der Waals surface area contributed by atoms with Crippen molar-refractivity contribution in [2.45, 2.75) is 32.4 Å². The van der Waals surface area contributed by atoms with E-state index in [1.54, 1.807) is 18.0 Å². The first-order chi connectivity index (χ1) is 8.15. The number of aliphatic hydroxyl groups excluding tert-OH is 1. The van der Waals surface area contributed by atoms with Crippen LogP contribution in [0.1, 0.15) is 31.6 Å². The molecule has 4 nitrogen and oxygen atoms in total. The van der Waals surface area contributed by atoms with E-state index in [4.69, 9.17) is 16.3 Å². The second-order valence-corrected chi connectivity index (χ2v) is 5.14. The Bertz CT molecular complexity index is 377. The average Bonchev–Trinajstić information content (AvgIpc) is 3.10. The lowest BCUT2D eigenvalue weighted by Crippen LogP contribution is -2.18. The fourth-order valence-corrected chi connectivity index (χ4v) is 2.40. The van der Waals surface area contributed by atoms with E-state index in [1.807, 2.05) is 0 Å². The number of methoxy groups -OCH3 is 1. The minimum atomic E-state index is -0.533. The average molecular weight is 259 g/mol. The molecule has 0 spiro atoms. The number of aliphatic hydroxyl groups is 1. The van der Waals surface area contributed by atoms with Gasteiger partial charge in [0.25, 0.3) is 0 Å². The van der Waals surface area contributed by atoms with Crippen molar-refractivity contribution in [3.63, 3.8) is 0 Å². The van der Waals surface area contributed by atoms with E-state index in [2.05, 4.69) is 12.0 Å². The number of hydrogen-bond acceptors (Lipinski definition) is 3. The van der Waals surface area contributed by atoms with Gasteiger partial charge in [0.1, 0.15) is 0 Å². The highest BCUT2D eigenvalue weighted by Crippen LogP contribution is 2.43. The van der Waals surface area contributed by atoms with Crippen LogP contribution in [0.25, 0.3) is 0 Å². The van der Waals surface area contributed by atoms with E-state index in [0.717, 1.165) is 5.69 Å². The highest BCUT2D eigenvalue weighted by Gasteiger charge is 2.35. The lowest BCUT2D eigenvalue weighted by molar-refractivity contribution is 0.0935. The number of ether oxygens (including phenoxy) is 1. The second kappa shape index (κ2) is 5.38. The third kappa shape index (κ3) is 2.81. The summed E-state index contributed by atoms with van der Waals surface area (Å²) in [7, 11) is 1.65. The Morgan fingerprint density at radius 2 is 2.35 bits per heavy atom. The molecule has 0 aliphatic heterocycles. The summed E-state index contributed by atoms with van der Waals surface area (Å²) in [5.74, 6) is 0.873. The Morgan fingerprint density at radius 3 is 2.94 bits per heavy atom. The number of nitrogens with zero attached hydrogens (tertiary/aromatic N) is 2. The molecule has 0 amide bonds. The smallest absolute Gasteiger partial charge is 0.0999 e. The maximum atomic E-state index is 10.4. The Hall–Kier alpha value is -0.580. The summed E-state index contributed by atoms with van der Waals surface area (Å²) in [6.45, 7) is 3.26. The lowest BCUT2D eigenvalue weighted by atomic mass is 9.97. The quantitative estimate of drug-likeness (QED) is 0.852. The predicted molar refractivity (Wildman–Crippen MR) is 66.0 cm³/mol. The highest BCUT2D eigenvalue weighted by molar-refractivity contribution is 6.31. The summed E-state index contributed by atoms with van der Waals surface area (Å²) in [5.41, 5.74) is 0.725. The molecule has 1 heterocycles. The SMILES string of the molecule is COCCn1ncc(Cl)c1C(O)C(C)C1CC1. The minimum absolute atomic E-state index is 0.241. The van der Waals surface area contributed by atoms with Crippen LogP contribution < -0.4 is 0 Å². The first-order valence-electron chi connectivity index (χ1n) is 6.03. The Kier molecular flexibility index (Phi) is 4.07. The molecule has 0 bridgehead atoms. The largest absolute Gasteiger partial charge is 0.386 e. The Labute approximate surface area is 107 Å². The van der Waals surface area contributed by atoms with Gasteiger partial charge in [-0.1, -0.05) is 18.5 Å². The van der Waals surface area contributed by atoms with Crippen molar-refractivity contribution in [3.05, 3.63) is 16.9 Å². The molecule has 1 saturated carbocycles. The zero-order valence-electron chi connectivity index (χ0n) is 10.3. The molecule has 1 aliphatic rings. The molecule has 1 aliphatic carbocycles. The van der Waals surface area contributed by atoms with Gasteiger partial charge in [-0.05, 0) is 24.7 Å². The molecule has 2 unspecified atom stereocenters. The van der Waals surface area contributed by atoms with Crippen molar-refractivity contribution in [3.8, 4) is 0 Å². The molecule has 0 saturated heterocycles. The molecule has 96 valence electrons. The summed E-state index contributed by atoms with van der Waals surface area (Å²) < 4.78 is 6.77. The van der Waals surface area contributed by atoms with E-state index in [1.165, 1.54) is 12.8 Å². The molecule has 17 heavy (non-hydrogen) atoms. The first kappa shape index (κ1) is 12.9. The monoisotopic (exact) mass is 258 g/mol. The lowest BCUT2D eigenvalue weighted by Gasteiger charge is -2.20. The fourth-order valence-electron chi connectivity index (χ4n) is 2.15. The fraction of sp³-hybridized carbons (Fsp3) is 0.750. The van der Waals surface area contributed by atoms with E-state index in [-0.39, 0.29) is 5.92 Å². The minimum Gasteiger partial charge on any atom is -0.386 e. The van der Waals surface area contributed by atoms with Crippen LogP contribution in [0.4, 0.5) is 0 Å². The van der Waals surface area contributed by atoms with E-state index >= 15 is 0 Å². The van der Waals surface area contributed by atoms with E-state index < -0.39 is 6.10 Å². The van der Waals surface area contributed by atoms with Gasteiger partial charge in [-0.3, -0.25) is 4.68 Å². The van der Waals surface area contributed by atoms with E-state index in [9.17, 15) is 5.11 Å². The van der Waals surface area contributed by atoms with E-state index in [0.29, 0.717) is 24.1 Å². The molecule has 5 heteroatoms. The number of rotatable bonds is 6. The van der Waals surface area contributed by atoms with Crippen molar-refractivity contribution in [2.24, 2.45) is 11.8 Å². The van der Waals surface area contributed by atoms with Gasteiger partial charge in [0.05, 0.1) is 36.2 Å². The Balaban J connectivity index is 2.13. The van der Waals surface area contributed by atoms with Crippen molar-refractivity contribution in [2.75, 3.05) is 13.7 Å². The number of hydrogen-bond donors (Lipinski definition) is 1. The standard InChI is InChI=1S/C12H19ClN2O2/c1-8(9-3-4-9)12(16)11-10(13)7-14-15(11)5-6-17-2/h7-9,12,16H,3-6H2,1-2H3. The van der Waals surface area contributed by atoms with Gasteiger partial charge in [-0.15, -0.1) is 0 Å². The number of halogens is 1. The van der Waals surface area contributed by atoms with Gasteiger partial charge in [0.2, 0.25) is 0 Å². The van der Waals surface area contributed by atoms with Crippen LogP contribution in [-0.2, 0) is 11.3 Å². The van der Waals surface area contributed by atoms with Gasteiger partial charge < -0.3 is 9.84 Å². The zero-order chi connectivity index (χ0) is 12.4. The van der Waals surface area contributed by atoms with Crippen LogP contribution in [0, 0.1) is 11.8 Å². The Morgan fingerprint density at radius 1 is 1.65 bits per heavy atom. The van der Waals surface area contributed by atoms with Crippen LogP contribution in [0.5, 0.6) is 0 Å². The topological polar surface area (TPSA) is 47.3 Å². The molecule has 2 atom stereocenters. The van der Waals surface area contributed by atoms with Crippen molar-refractivity contribution < 1.29 is 9.84 Å². The molecule has 1 aromatic heterocycles. The summed E-state index contributed by atoms with van der Waals surface area (Å²) in [5, 5.41) is 15.1. The van der Waals surface area contributed by atoms with Gasteiger partial charge in [-0.25, -0.2) is 0 Å². The number of aromatic nitrogens is 2. The summed E-state index contributed by atoms with van der Waals surface area (Å²) in [6, 6.07) is 0. The molecule has 1 aromatic rings. The molecule has 0 radical (unpaired) electrons. The van der Waals surface area contributed by atoms with Gasteiger partial charge in [0.15, 0.2) is 0 Å². The highest BCUT2D eigenvalue weighted by atomic mass is 35.5. The van der Waals surface area contributed by atoms with Gasteiger partial charge in [0, 0.05) is 7.11 Å². The summed E-state index contributed by atoms with van der Waals surface area (Å²) in [4.78, 5) is 0. The molecule has 1 fully saturated rings. The molecule has 0 aromatic carbocycles. The van der Waals surface area contributed by atoms with Gasteiger partial charge in [-0.2, -0.15) is 5.10 Å². The maximum absolute atomic E-state index is 10.4. The molecular weight excluding hydrogens is 240 g/mol. The predicted octanol–water partition coefficient (Wildman–Crippen LogP) is 2.26. The van der Waals surface area contributed by atoms with Crippen molar-refractivity contribution >= 4 is 11.6 Å². The molecule has 1 N–H and O–H groups in total. The zero-order valence-corrected chi connectivity index (χ0v) is 11.0. The van der Waals surface area contributed by atoms with Crippen LogP contribution in [0.3, 0.4) is 0 Å². The summed E-state index contributed by atoms with van der Waals surface area (Å²) >= 11 is 6.10. The van der Waals surface area contributed by atoms with Crippen LogP contribution in [0.15, 0.2) is 6.20 Å². The van der Waals surface area contributed by atoms with Crippen LogP contribution in [-0.4, -0.2) is 28.6 Å². The third-order valence-corrected chi connectivity index (χ3v) is 3.78. The van der Waals surface area contributed by atoms with Crippen molar-refractivity contribution in [1.29, 1.82) is 0 Å². The molecule has 2 rings (SSSR count). The summed E-state index contributed by atoms with van der Waals surface area (Å²) in [6.07, 6.45) is 3.48. The van der Waals surface area contributed by atoms with Crippen LogP contribution >= 0.6 is 11.6 Å². The third-order valence-electron chi connectivity index (χ3n) is 3.48. The normalized spacial score (nSPS) is 19.3. The first-order valence-corrected chi connectivity index (χ1v) is 6.41. The second-order valence-electron chi connectivity index (χ2n) is 4.74.